The van der Waals surface area contributed by atoms with Crippen molar-refractivity contribution in [1.29, 1.82) is 0 Å². The van der Waals surface area contributed by atoms with E-state index >= 15 is 0 Å². The second kappa shape index (κ2) is 13.7. The molecule has 0 saturated carbocycles. The Labute approximate surface area is 217 Å². The van der Waals surface area contributed by atoms with Crippen molar-refractivity contribution in [3.05, 3.63) is 48.8 Å². The van der Waals surface area contributed by atoms with Crippen molar-refractivity contribution in [2.75, 3.05) is 26.2 Å². The molecule has 214 valence electrons. The molecule has 0 bridgehead atoms. The molecule has 4 heterocycles. The van der Waals surface area contributed by atoms with Crippen LogP contribution in [0.25, 0.3) is 0 Å². The predicted molar refractivity (Wildman–Crippen MR) is 118 cm³/mol. The lowest BCUT2D eigenvalue weighted by atomic mass is 10.1. The summed E-state index contributed by atoms with van der Waals surface area (Å²) in [5.74, 6) is -4.66. The van der Waals surface area contributed by atoms with E-state index in [-0.39, 0.29) is 12.0 Å². The first-order valence-electron chi connectivity index (χ1n) is 11.1. The number of rotatable bonds is 4. The van der Waals surface area contributed by atoms with E-state index in [2.05, 4.69) is 19.9 Å². The maximum absolute atomic E-state index is 12.5. The minimum Gasteiger partial charge on any atom is -0.486 e. The maximum Gasteiger partial charge on any atom is 0.490 e. The minimum atomic E-state index is -5.08. The summed E-state index contributed by atoms with van der Waals surface area (Å²) < 4.78 is 69.5. The summed E-state index contributed by atoms with van der Waals surface area (Å²) in [4.78, 5) is 46.9. The number of ether oxygens (including phenoxy) is 1. The average Bonchev–Trinajstić information content (AvgIpc) is 3.26. The van der Waals surface area contributed by atoms with Gasteiger partial charge in [-0.2, -0.15) is 26.3 Å². The first-order valence-corrected chi connectivity index (χ1v) is 11.1. The number of aromatic nitrogens is 3. The summed E-state index contributed by atoms with van der Waals surface area (Å²) in [5.41, 5.74) is 0.826. The van der Waals surface area contributed by atoms with Crippen molar-refractivity contribution in [2.24, 2.45) is 0 Å². The molecule has 2 aromatic rings. The topological polar surface area (TPSA) is 146 Å². The van der Waals surface area contributed by atoms with Crippen LogP contribution in [0, 0.1) is 0 Å². The quantitative estimate of drug-likeness (QED) is 0.527. The molecule has 39 heavy (non-hydrogen) atoms. The van der Waals surface area contributed by atoms with Crippen LogP contribution in [0.5, 0.6) is 5.75 Å². The van der Waals surface area contributed by atoms with Gasteiger partial charge in [0.05, 0.1) is 18.8 Å². The van der Waals surface area contributed by atoms with Crippen molar-refractivity contribution in [3.63, 3.8) is 0 Å². The Morgan fingerprint density at radius 1 is 0.949 bits per heavy atom. The normalized spacial score (nSPS) is 19.0. The van der Waals surface area contributed by atoms with Gasteiger partial charge in [-0.25, -0.2) is 19.6 Å². The highest BCUT2D eigenvalue weighted by Gasteiger charge is 2.39. The van der Waals surface area contributed by atoms with Crippen LogP contribution in [0.1, 0.15) is 12.1 Å². The van der Waals surface area contributed by atoms with Gasteiger partial charge in [0.2, 0.25) is 5.91 Å². The number of aliphatic carboxylic acids is 2. The number of halogens is 6. The van der Waals surface area contributed by atoms with E-state index in [0.717, 1.165) is 38.3 Å². The van der Waals surface area contributed by atoms with Gasteiger partial charge in [-0.05, 0) is 12.1 Å². The molecule has 4 rings (SSSR count). The zero-order chi connectivity index (χ0) is 29.2. The summed E-state index contributed by atoms with van der Waals surface area (Å²) >= 11 is 0. The molecule has 17 heteroatoms. The van der Waals surface area contributed by atoms with Crippen molar-refractivity contribution in [2.45, 2.75) is 37.3 Å². The summed E-state index contributed by atoms with van der Waals surface area (Å²) in [7, 11) is 0. The van der Waals surface area contributed by atoms with Crippen LogP contribution in [-0.4, -0.2) is 103 Å². The molecule has 0 aliphatic carbocycles. The van der Waals surface area contributed by atoms with Crippen molar-refractivity contribution < 1.29 is 55.7 Å². The highest BCUT2D eigenvalue weighted by molar-refractivity contribution is 5.78. The number of carbonyl (C=O) groups is 3. The lowest BCUT2D eigenvalue weighted by molar-refractivity contribution is -0.193. The Bertz CT molecular complexity index is 1070. The molecule has 2 aliphatic rings. The van der Waals surface area contributed by atoms with Crippen LogP contribution in [0.15, 0.2) is 43.1 Å². The molecule has 0 spiro atoms. The van der Waals surface area contributed by atoms with E-state index in [1.54, 1.807) is 18.6 Å². The molecule has 2 aromatic heterocycles. The molecule has 11 nitrogen and oxygen atoms in total. The predicted octanol–water partition coefficient (Wildman–Crippen LogP) is 2.04. The number of pyridine rings is 1. The molecule has 2 fully saturated rings. The van der Waals surface area contributed by atoms with Crippen molar-refractivity contribution >= 4 is 17.8 Å². The molecular weight excluding hydrogens is 544 g/mol. The van der Waals surface area contributed by atoms with Crippen LogP contribution in [-0.2, 0) is 20.8 Å². The van der Waals surface area contributed by atoms with Crippen LogP contribution < -0.4 is 4.74 Å². The standard InChI is InChI=1S/C18H21N5O2.2C2HF3O2/c24-18(7-14-3-1-2-4-21-14)23-6-5-22-12-16(8-15(22)11-23)25-17-9-19-13-20-10-17;2*3-2(4,5)1(6)7/h1-4,9-10,13,15-16H,5-8,11-12H2;2*(H,6,7)/t15-,16+;;/m0../s1. The Morgan fingerprint density at radius 2 is 1.54 bits per heavy atom. The van der Waals surface area contributed by atoms with E-state index in [9.17, 15) is 31.1 Å². The van der Waals surface area contributed by atoms with Gasteiger partial charge in [-0.1, -0.05) is 6.07 Å². The smallest absolute Gasteiger partial charge is 0.486 e. The van der Waals surface area contributed by atoms with Crippen LogP contribution in [0.3, 0.4) is 0 Å². The lowest BCUT2D eigenvalue weighted by Gasteiger charge is -2.37. The number of alkyl halides is 6. The van der Waals surface area contributed by atoms with Gasteiger partial charge in [0.15, 0.2) is 5.75 Å². The molecule has 2 N–H and O–H groups in total. The van der Waals surface area contributed by atoms with Gasteiger partial charge in [0.25, 0.3) is 0 Å². The molecule has 0 aromatic carbocycles. The maximum atomic E-state index is 12.5. The summed E-state index contributed by atoms with van der Waals surface area (Å²) in [6.07, 6.45) is -2.15. The third-order valence-electron chi connectivity index (χ3n) is 5.31. The van der Waals surface area contributed by atoms with Gasteiger partial charge in [-0.15, -0.1) is 0 Å². The van der Waals surface area contributed by atoms with E-state index in [0.29, 0.717) is 18.2 Å². The van der Waals surface area contributed by atoms with Crippen LogP contribution >= 0.6 is 0 Å². The molecule has 1 amide bonds. The van der Waals surface area contributed by atoms with Crippen LogP contribution in [0.4, 0.5) is 26.3 Å². The van der Waals surface area contributed by atoms with Crippen molar-refractivity contribution in [3.8, 4) is 5.75 Å². The lowest BCUT2D eigenvalue weighted by Crippen LogP contribution is -2.52. The first kappa shape index (κ1) is 31.2. The van der Waals surface area contributed by atoms with Gasteiger partial charge in [0.1, 0.15) is 12.4 Å². The number of carbonyl (C=O) groups excluding carboxylic acids is 1. The number of piperazine rings is 1. The fourth-order valence-corrected chi connectivity index (χ4v) is 3.62. The Kier molecular flexibility index (Phi) is 10.9. The molecule has 2 atom stereocenters. The average molecular weight is 567 g/mol. The second-order valence-corrected chi connectivity index (χ2v) is 8.14. The summed E-state index contributed by atoms with van der Waals surface area (Å²) in [6, 6.07) is 6.04. The fourth-order valence-electron chi connectivity index (χ4n) is 3.62. The number of nitrogens with zero attached hydrogens (tertiary/aromatic N) is 5. The van der Waals surface area contributed by atoms with Gasteiger partial charge < -0.3 is 19.8 Å². The molecule has 2 aliphatic heterocycles. The summed E-state index contributed by atoms with van der Waals surface area (Å²) in [5, 5.41) is 14.2. The third kappa shape index (κ3) is 10.7. The molecular formula is C22H23F6N5O6. The minimum absolute atomic E-state index is 0.127. The number of hydrogen-bond acceptors (Lipinski definition) is 8. The van der Waals surface area contributed by atoms with Gasteiger partial charge in [0, 0.05) is 50.5 Å². The van der Waals surface area contributed by atoms with E-state index in [4.69, 9.17) is 24.5 Å². The zero-order valence-electron chi connectivity index (χ0n) is 20.0. The number of carboxylic acids is 2. The largest absolute Gasteiger partial charge is 0.490 e. The van der Waals surface area contributed by atoms with E-state index in [1.807, 2.05) is 23.1 Å². The highest BCUT2D eigenvalue weighted by atomic mass is 19.4. The molecule has 0 radical (unpaired) electrons. The number of fused-ring (bicyclic) bond motifs is 1. The van der Waals surface area contributed by atoms with E-state index < -0.39 is 24.3 Å². The van der Waals surface area contributed by atoms with Crippen molar-refractivity contribution in [1.82, 2.24) is 24.8 Å². The SMILES string of the molecule is O=C(Cc1ccccn1)N1CCN2C[C@H](Oc3cncnc3)C[C@H]2C1.O=C(O)C(F)(F)F.O=C(O)C(F)(F)F. The Balaban J connectivity index is 0.000000317. The van der Waals surface area contributed by atoms with E-state index in [1.165, 1.54) is 6.33 Å². The van der Waals surface area contributed by atoms with Gasteiger partial charge >= 0.3 is 24.3 Å². The zero-order valence-corrected chi connectivity index (χ0v) is 20.0. The number of carboxylic acid groups (broad SMARTS) is 2. The Hall–Kier alpha value is -4.02. The van der Waals surface area contributed by atoms with Crippen LogP contribution in [0.2, 0.25) is 0 Å². The monoisotopic (exact) mass is 567 g/mol. The number of hydrogen-bond donors (Lipinski definition) is 2. The van der Waals surface area contributed by atoms with Gasteiger partial charge in [-0.3, -0.25) is 14.7 Å². The highest BCUT2D eigenvalue weighted by Crippen LogP contribution is 2.25. The Morgan fingerprint density at radius 3 is 2.05 bits per heavy atom. The molecule has 0 unspecified atom stereocenters. The first-order chi connectivity index (χ1) is 18.2. The molecule has 2 saturated heterocycles. The summed E-state index contributed by atoms with van der Waals surface area (Å²) in [6.45, 7) is 3.31. The second-order valence-electron chi connectivity index (χ2n) is 8.14. The number of amides is 1. The third-order valence-corrected chi connectivity index (χ3v) is 5.31. The fraction of sp³-hybridized carbons (Fsp3) is 0.455.